The molecule has 0 bridgehead atoms. The van der Waals surface area contributed by atoms with Crippen molar-refractivity contribution in [1.82, 2.24) is 15.0 Å². The van der Waals surface area contributed by atoms with Crippen molar-refractivity contribution in [2.24, 2.45) is 0 Å². The molecule has 1 aliphatic rings. The van der Waals surface area contributed by atoms with Crippen molar-refractivity contribution >= 4 is 48.6 Å². The third-order valence-corrected chi connectivity index (χ3v) is 11.6. The van der Waals surface area contributed by atoms with Gasteiger partial charge < -0.3 is 5.32 Å². The van der Waals surface area contributed by atoms with Crippen LogP contribution in [0.2, 0.25) is 0 Å². The number of carbonyl (C=O) groups excluding carboxylic acids is 1. The zero-order valence-electron chi connectivity index (χ0n) is 23.3. The van der Waals surface area contributed by atoms with Crippen molar-refractivity contribution < 1.29 is 22.3 Å². The summed E-state index contributed by atoms with van der Waals surface area (Å²) in [6.45, 7) is 5.41. The predicted octanol–water partition coefficient (Wildman–Crippen LogP) is 6.27. The van der Waals surface area contributed by atoms with Crippen LogP contribution in [0.25, 0.3) is 21.2 Å². The minimum atomic E-state index is -3.80. The van der Waals surface area contributed by atoms with Crippen LogP contribution in [-0.2, 0) is 16.4 Å². The molecule has 0 spiro atoms. The molecular weight excluding hydrogens is 579 g/mol. The number of carbonyl (C=O) groups is 1. The fourth-order valence-electron chi connectivity index (χ4n) is 5.03. The number of rotatable bonds is 7. The molecule has 11 heteroatoms. The van der Waals surface area contributed by atoms with E-state index in [1.807, 2.05) is 48.5 Å². The molecule has 8 nitrogen and oxygen atoms in total. The van der Waals surface area contributed by atoms with Crippen LogP contribution in [0.5, 0.6) is 0 Å². The van der Waals surface area contributed by atoms with E-state index in [9.17, 15) is 22.3 Å². The maximum absolute atomic E-state index is 13.3. The Balaban J connectivity index is 1.56. The average molecular weight is 614 g/mol. The van der Waals surface area contributed by atoms with Crippen molar-refractivity contribution in [3.8, 4) is 10.4 Å². The van der Waals surface area contributed by atoms with E-state index in [1.54, 1.807) is 39.0 Å². The van der Waals surface area contributed by atoms with Gasteiger partial charge in [0.05, 0.1) is 15.5 Å². The van der Waals surface area contributed by atoms with Gasteiger partial charge in [0.25, 0.3) is 5.91 Å². The van der Waals surface area contributed by atoms with E-state index in [0.717, 1.165) is 27.1 Å². The summed E-state index contributed by atoms with van der Waals surface area (Å²) in [6, 6.07) is 20.5. The SMILES string of the molecule is CC(C)(C)NS(=O)(=O)c1ccc(-c2sc(C(=O)NC3CCS(O)(O)CC3)nc2Cc2ccccc2)c2ccccc12. The van der Waals surface area contributed by atoms with Gasteiger partial charge >= 0.3 is 0 Å². The first kappa shape index (κ1) is 29.7. The molecule has 1 aromatic heterocycles. The highest BCUT2D eigenvalue weighted by atomic mass is 32.3. The van der Waals surface area contributed by atoms with Crippen LogP contribution < -0.4 is 10.0 Å². The molecule has 5 rings (SSSR count). The van der Waals surface area contributed by atoms with Gasteiger partial charge in [-0.3, -0.25) is 13.9 Å². The van der Waals surface area contributed by atoms with E-state index >= 15 is 0 Å². The Morgan fingerprint density at radius 2 is 1.61 bits per heavy atom. The number of amides is 1. The monoisotopic (exact) mass is 613 g/mol. The Bertz CT molecular complexity index is 1670. The van der Waals surface area contributed by atoms with Gasteiger partial charge in [-0.25, -0.2) is 18.1 Å². The zero-order chi connectivity index (χ0) is 29.4. The lowest BCUT2D eigenvalue weighted by atomic mass is 10.0. The fourth-order valence-corrected chi connectivity index (χ4v) is 9.21. The van der Waals surface area contributed by atoms with Crippen LogP contribution >= 0.6 is 21.9 Å². The summed E-state index contributed by atoms with van der Waals surface area (Å²) >= 11 is 1.28. The molecule has 2 heterocycles. The highest BCUT2D eigenvalue weighted by Gasteiger charge is 2.28. The van der Waals surface area contributed by atoms with Gasteiger partial charge in [-0.1, -0.05) is 60.7 Å². The normalized spacial score (nSPS) is 16.9. The van der Waals surface area contributed by atoms with Crippen LogP contribution in [-0.4, -0.2) is 51.5 Å². The minimum Gasteiger partial charge on any atom is -0.347 e. The van der Waals surface area contributed by atoms with Crippen molar-refractivity contribution in [2.45, 2.75) is 56.5 Å². The fraction of sp³-hybridized carbons (Fsp3) is 0.333. The Morgan fingerprint density at radius 1 is 0.976 bits per heavy atom. The second kappa shape index (κ2) is 11.5. The predicted molar refractivity (Wildman–Crippen MR) is 167 cm³/mol. The third-order valence-electron chi connectivity index (χ3n) is 6.89. The molecule has 41 heavy (non-hydrogen) atoms. The lowest BCUT2D eigenvalue weighted by molar-refractivity contribution is 0.0933. The molecule has 1 saturated heterocycles. The van der Waals surface area contributed by atoms with E-state index < -0.39 is 26.2 Å². The Labute approximate surface area is 246 Å². The number of aromatic nitrogens is 1. The van der Waals surface area contributed by atoms with Crippen molar-refractivity contribution in [1.29, 1.82) is 0 Å². The van der Waals surface area contributed by atoms with Gasteiger partial charge in [-0.15, -0.1) is 11.3 Å². The number of nitrogens with one attached hydrogen (secondary N) is 2. The zero-order valence-corrected chi connectivity index (χ0v) is 25.7. The first-order valence-corrected chi connectivity index (χ1v) is 17.6. The number of thiazole rings is 1. The Hall–Kier alpha value is -2.80. The highest BCUT2D eigenvalue weighted by Crippen LogP contribution is 2.44. The number of benzene rings is 3. The first-order valence-electron chi connectivity index (χ1n) is 13.5. The Kier molecular flexibility index (Phi) is 8.30. The number of hydrogen-bond donors (Lipinski definition) is 4. The molecule has 4 aromatic rings. The molecule has 0 aliphatic carbocycles. The van der Waals surface area contributed by atoms with Crippen molar-refractivity contribution in [3.05, 3.63) is 83.0 Å². The molecule has 1 aliphatic heterocycles. The quantitative estimate of drug-likeness (QED) is 0.194. The van der Waals surface area contributed by atoms with E-state index in [0.29, 0.717) is 29.7 Å². The highest BCUT2D eigenvalue weighted by molar-refractivity contribution is 8.24. The lowest BCUT2D eigenvalue weighted by Gasteiger charge is -2.39. The largest absolute Gasteiger partial charge is 0.347 e. The molecule has 1 amide bonds. The van der Waals surface area contributed by atoms with Gasteiger partial charge in [0, 0.05) is 40.5 Å². The Morgan fingerprint density at radius 3 is 2.27 bits per heavy atom. The maximum Gasteiger partial charge on any atom is 0.280 e. The topological polar surface area (TPSA) is 129 Å². The van der Waals surface area contributed by atoms with E-state index in [2.05, 4.69) is 10.0 Å². The van der Waals surface area contributed by atoms with Crippen LogP contribution in [0.4, 0.5) is 0 Å². The molecule has 0 saturated carbocycles. The molecule has 3 aromatic carbocycles. The first-order chi connectivity index (χ1) is 19.3. The summed E-state index contributed by atoms with van der Waals surface area (Å²) in [7, 11) is -6.34. The smallest absolute Gasteiger partial charge is 0.280 e. The van der Waals surface area contributed by atoms with Crippen LogP contribution in [0.3, 0.4) is 0 Å². The lowest BCUT2D eigenvalue weighted by Crippen LogP contribution is -2.40. The van der Waals surface area contributed by atoms with Crippen molar-refractivity contribution in [2.75, 3.05) is 11.5 Å². The van der Waals surface area contributed by atoms with Crippen LogP contribution in [0, 0.1) is 0 Å². The molecule has 0 radical (unpaired) electrons. The van der Waals surface area contributed by atoms with Gasteiger partial charge in [-0.05, 0) is 50.6 Å². The molecule has 0 atom stereocenters. The summed E-state index contributed by atoms with van der Waals surface area (Å²) in [4.78, 5) is 19.1. The van der Waals surface area contributed by atoms with Gasteiger partial charge in [-0.2, -0.15) is 10.6 Å². The minimum absolute atomic E-state index is 0.145. The number of fused-ring (bicyclic) bond motifs is 1. The van der Waals surface area contributed by atoms with E-state index in [1.165, 1.54) is 11.3 Å². The summed E-state index contributed by atoms with van der Waals surface area (Å²) in [5, 5.41) is 4.69. The van der Waals surface area contributed by atoms with Gasteiger partial charge in [0.15, 0.2) is 5.01 Å². The van der Waals surface area contributed by atoms with Crippen LogP contribution in [0.1, 0.15) is 54.7 Å². The number of hydrogen-bond acceptors (Lipinski definition) is 7. The third kappa shape index (κ3) is 6.99. The molecule has 4 N–H and O–H groups in total. The van der Waals surface area contributed by atoms with E-state index in [-0.39, 0.29) is 28.4 Å². The molecule has 218 valence electrons. The molecule has 0 unspecified atom stereocenters. The number of nitrogens with zero attached hydrogens (tertiary/aromatic N) is 1. The molecule has 1 fully saturated rings. The average Bonchev–Trinajstić information content (AvgIpc) is 3.32. The standard InChI is InChI=1S/C30H35N3O5S3/c1-30(2,3)33-41(37,38)26-14-13-24(22-11-7-8-12-23(22)26)27-25(19-20-9-5-4-6-10-20)32-29(39-27)28(34)31-21-15-17-40(35,36)18-16-21/h4-14,21,33,35-36H,15-19H2,1-3H3,(H,31,34). The summed E-state index contributed by atoms with van der Waals surface area (Å²) in [5.41, 5.74) is 1.94. The maximum atomic E-state index is 13.3. The van der Waals surface area contributed by atoms with Gasteiger partial charge in [0.1, 0.15) is 0 Å². The summed E-state index contributed by atoms with van der Waals surface area (Å²) in [6.07, 6.45) is 1.52. The summed E-state index contributed by atoms with van der Waals surface area (Å²) < 4.78 is 49.3. The van der Waals surface area contributed by atoms with E-state index in [4.69, 9.17) is 4.98 Å². The second-order valence-electron chi connectivity index (χ2n) is 11.4. The number of sulfonamides is 1. The second-order valence-corrected chi connectivity index (χ2v) is 16.5. The summed E-state index contributed by atoms with van der Waals surface area (Å²) in [5.74, 6) is 0.272. The van der Waals surface area contributed by atoms with Gasteiger partial charge in [0.2, 0.25) is 10.0 Å². The molecular formula is C30H35N3O5S3. The van der Waals surface area contributed by atoms with Crippen molar-refractivity contribution in [3.63, 3.8) is 0 Å². The van der Waals surface area contributed by atoms with Crippen LogP contribution in [0.15, 0.2) is 71.6 Å².